The highest BCUT2D eigenvalue weighted by Gasteiger charge is 2.24. The van der Waals surface area contributed by atoms with Crippen LogP contribution >= 0.6 is 0 Å². The van der Waals surface area contributed by atoms with Crippen molar-refractivity contribution in [3.63, 3.8) is 0 Å². The summed E-state index contributed by atoms with van der Waals surface area (Å²) >= 11 is 0. The van der Waals surface area contributed by atoms with E-state index in [1.54, 1.807) is 29.4 Å². The normalized spacial score (nSPS) is 15.4. The molecule has 6 nitrogen and oxygen atoms in total. The van der Waals surface area contributed by atoms with E-state index in [1.807, 2.05) is 6.92 Å². The first-order valence-electron chi connectivity index (χ1n) is 6.61. The summed E-state index contributed by atoms with van der Waals surface area (Å²) in [7, 11) is 0. The van der Waals surface area contributed by atoms with Crippen molar-refractivity contribution in [2.75, 3.05) is 31.1 Å². The summed E-state index contributed by atoms with van der Waals surface area (Å²) in [5.74, 6) is 1.25. The molecule has 1 aliphatic rings. The van der Waals surface area contributed by atoms with Gasteiger partial charge in [-0.05, 0) is 19.1 Å². The van der Waals surface area contributed by atoms with E-state index in [0.717, 1.165) is 24.6 Å². The lowest BCUT2D eigenvalue weighted by Crippen LogP contribution is -2.49. The van der Waals surface area contributed by atoms with Crippen LogP contribution in [0.2, 0.25) is 0 Å². The number of hydrogen-bond acceptors (Lipinski definition) is 5. The summed E-state index contributed by atoms with van der Waals surface area (Å²) in [6.07, 6.45) is 4.91. The molecule has 1 amide bonds. The second-order valence-electron chi connectivity index (χ2n) is 4.72. The summed E-state index contributed by atoms with van der Waals surface area (Å²) < 4.78 is 5.15. The lowest BCUT2D eigenvalue weighted by molar-refractivity contribution is 0.0714. The average molecular weight is 272 g/mol. The van der Waals surface area contributed by atoms with Crippen LogP contribution in [-0.2, 0) is 0 Å². The zero-order valence-corrected chi connectivity index (χ0v) is 11.3. The number of nitrogens with zero attached hydrogens (tertiary/aromatic N) is 4. The zero-order valence-electron chi connectivity index (χ0n) is 11.3. The highest BCUT2D eigenvalue weighted by molar-refractivity contribution is 5.91. The molecule has 0 spiro atoms. The third-order valence-corrected chi connectivity index (χ3v) is 3.45. The van der Waals surface area contributed by atoms with E-state index in [0.29, 0.717) is 18.8 Å². The van der Waals surface area contributed by atoms with E-state index < -0.39 is 0 Å². The van der Waals surface area contributed by atoms with Crippen LogP contribution in [0.1, 0.15) is 16.2 Å². The molecule has 20 heavy (non-hydrogen) atoms. The fraction of sp³-hybridized carbons (Fsp3) is 0.357. The minimum Gasteiger partial charge on any atom is -0.459 e. The van der Waals surface area contributed by atoms with E-state index >= 15 is 0 Å². The second-order valence-corrected chi connectivity index (χ2v) is 4.72. The molecule has 1 aliphatic heterocycles. The van der Waals surface area contributed by atoms with Gasteiger partial charge in [0.2, 0.25) is 0 Å². The lowest BCUT2D eigenvalue weighted by Gasteiger charge is -2.35. The molecule has 2 aromatic heterocycles. The highest BCUT2D eigenvalue weighted by Crippen LogP contribution is 2.17. The van der Waals surface area contributed by atoms with E-state index in [-0.39, 0.29) is 5.91 Å². The Morgan fingerprint density at radius 2 is 1.95 bits per heavy atom. The van der Waals surface area contributed by atoms with Crippen molar-refractivity contribution in [2.45, 2.75) is 6.92 Å². The van der Waals surface area contributed by atoms with Gasteiger partial charge in [-0.1, -0.05) is 0 Å². The zero-order chi connectivity index (χ0) is 13.9. The fourth-order valence-corrected chi connectivity index (χ4v) is 2.39. The van der Waals surface area contributed by atoms with Crippen molar-refractivity contribution in [3.8, 4) is 0 Å². The molecule has 104 valence electrons. The van der Waals surface area contributed by atoms with Crippen molar-refractivity contribution in [1.29, 1.82) is 0 Å². The SMILES string of the molecule is Cc1nccnc1N1CCN(C(=O)c2ccco2)CC1. The molecule has 3 heterocycles. The first kappa shape index (κ1) is 12.7. The van der Waals surface area contributed by atoms with E-state index in [9.17, 15) is 4.79 Å². The molecule has 0 unspecified atom stereocenters. The number of amides is 1. The second kappa shape index (κ2) is 5.32. The summed E-state index contributed by atoms with van der Waals surface area (Å²) in [5.41, 5.74) is 0.915. The topological polar surface area (TPSA) is 62.5 Å². The first-order chi connectivity index (χ1) is 9.75. The summed E-state index contributed by atoms with van der Waals surface area (Å²) in [4.78, 5) is 24.7. The Bertz CT molecular complexity index is 589. The van der Waals surface area contributed by atoms with Gasteiger partial charge in [0.1, 0.15) is 5.82 Å². The molecule has 6 heteroatoms. The molecule has 0 saturated carbocycles. The third-order valence-electron chi connectivity index (χ3n) is 3.45. The molecule has 0 aromatic carbocycles. The molecule has 2 aromatic rings. The van der Waals surface area contributed by atoms with Crippen LogP contribution in [-0.4, -0.2) is 47.0 Å². The molecule has 0 N–H and O–H groups in total. The van der Waals surface area contributed by atoms with Crippen LogP contribution < -0.4 is 4.90 Å². The Kier molecular flexibility index (Phi) is 3.37. The largest absolute Gasteiger partial charge is 0.459 e. The fourth-order valence-electron chi connectivity index (χ4n) is 2.39. The van der Waals surface area contributed by atoms with Crippen LogP contribution in [0.15, 0.2) is 35.2 Å². The maximum Gasteiger partial charge on any atom is 0.289 e. The molecule has 1 saturated heterocycles. The number of carbonyl (C=O) groups is 1. The summed E-state index contributed by atoms with van der Waals surface area (Å²) in [5, 5.41) is 0. The molecule has 1 fully saturated rings. The van der Waals surface area contributed by atoms with Gasteiger partial charge in [-0.3, -0.25) is 9.78 Å². The van der Waals surface area contributed by atoms with Crippen molar-refractivity contribution >= 4 is 11.7 Å². The Morgan fingerprint density at radius 3 is 2.60 bits per heavy atom. The van der Waals surface area contributed by atoms with Gasteiger partial charge in [0.05, 0.1) is 12.0 Å². The predicted octanol–water partition coefficient (Wildman–Crippen LogP) is 1.34. The van der Waals surface area contributed by atoms with Crippen molar-refractivity contribution < 1.29 is 9.21 Å². The Balaban J connectivity index is 1.65. The highest BCUT2D eigenvalue weighted by atomic mass is 16.3. The monoisotopic (exact) mass is 272 g/mol. The van der Waals surface area contributed by atoms with Gasteiger partial charge in [0.15, 0.2) is 5.76 Å². The van der Waals surface area contributed by atoms with Gasteiger partial charge in [-0.25, -0.2) is 4.98 Å². The average Bonchev–Trinajstić information content (AvgIpc) is 3.01. The molecule has 0 radical (unpaired) electrons. The maximum absolute atomic E-state index is 12.2. The number of hydrogen-bond donors (Lipinski definition) is 0. The van der Waals surface area contributed by atoms with Crippen molar-refractivity contribution in [1.82, 2.24) is 14.9 Å². The molecule has 0 bridgehead atoms. The third kappa shape index (κ3) is 2.36. The lowest BCUT2D eigenvalue weighted by atomic mass is 10.2. The van der Waals surface area contributed by atoms with Crippen molar-refractivity contribution in [3.05, 3.63) is 42.2 Å². The van der Waals surface area contributed by atoms with Crippen LogP contribution in [0.3, 0.4) is 0 Å². The van der Waals surface area contributed by atoms with Gasteiger partial charge in [-0.15, -0.1) is 0 Å². The standard InChI is InChI=1S/C14H16N4O2/c1-11-13(16-5-4-15-11)17-6-8-18(9-7-17)14(19)12-3-2-10-20-12/h2-5,10H,6-9H2,1H3. The number of carbonyl (C=O) groups excluding carboxylic acids is 1. The number of rotatable bonds is 2. The van der Waals surface area contributed by atoms with Crippen LogP contribution in [0.4, 0.5) is 5.82 Å². The molecule has 3 rings (SSSR count). The number of furan rings is 1. The van der Waals surface area contributed by atoms with Crippen LogP contribution in [0.25, 0.3) is 0 Å². The minimum atomic E-state index is -0.0504. The van der Waals surface area contributed by atoms with Gasteiger partial charge >= 0.3 is 0 Å². The van der Waals surface area contributed by atoms with Gasteiger partial charge in [0, 0.05) is 38.6 Å². The minimum absolute atomic E-state index is 0.0504. The Morgan fingerprint density at radius 1 is 1.20 bits per heavy atom. The number of anilines is 1. The van der Waals surface area contributed by atoms with E-state index in [4.69, 9.17) is 4.42 Å². The van der Waals surface area contributed by atoms with Gasteiger partial charge < -0.3 is 14.2 Å². The molecular weight excluding hydrogens is 256 g/mol. The molecule has 0 atom stereocenters. The van der Waals surface area contributed by atoms with Gasteiger partial charge in [-0.2, -0.15) is 0 Å². The number of piperazine rings is 1. The molecule has 0 aliphatic carbocycles. The summed E-state index contributed by atoms with van der Waals surface area (Å²) in [6, 6.07) is 3.42. The first-order valence-corrected chi connectivity index (χ1v) is 6.61. The summed E-state index contributed by atoms with van der Waals surface area (Å²) in [6.45, 7) is 4.78. The smallest absolute Gasteiger partial charge is 0.289 e. The van der Waals surface area contributed by atoms with E-state index in [2.05, 4.69) is 14.9 Å². The molecular formula is C14H16N4O2. The number of aryl methyl sites for hydroxylation is 1. The van der Waals surface area contributed by atoms with E-state index in [1.165, 1.54) is 6.26 Å². The quantitative estimate of drug-likeness (QED) is 0.825. The van der Waals surface area contributed by atoms with Gasteiger partial charge in [0.25, 0.3) is 5.91 Å². The Hall–Kier alpha value is -2.37. The van der Waals surface area contributed by atoms with Crippen LogP contribution in [0.5, 0.6) is 0 Å². The predicted molar refractivity (Wildman–Crippen MR) is 73.6 cm³/mol. The Labute approximate surface area is 117 Å². The number of aromatic nitrogens is 2. The van der Waals surface area contributed by atoms with Crippen LogP contribution in [0, 0.1) is 6.92 Å². The maximum atomic E-state index is 12.2. The van der Waals surface area contributed by atoms with Crippen molar-refractivity contribution in [2.24, 2.45) is 0 Å².